The third-order valence-corrected chi connectivity index (χ3v) is 3.39. The number of nitro benzene ring substituents is 1. The molecule has 1 aromatic carbocycles. The summed E-state index contributed by atoms with van der Waals surface area (Å²) in [5.41, 5.74) is -0.793. The number of rotatable bonds is 8. The summed E-state index contributed by atoms with van der Waals surface area (Å²) >= 11 is 0. The van der Waals surface area contributed by atoms with Gasteiger partial charge in [0.25, 0.3) is 5.69 Å². The molecular formula is C17H17NO9. The van der Waals surface area contributed by atoms with E-state index in [9.17, 15) is 19.7 Å². The molecule has 0 saturated heterocycles. The average molecular weight is 379 g/mol. The van der Waals surface area contributed by atoms with E-state index in [1.807, 2.05) is 0 Å². The summed E-state index contributed by atoms with van der Waals surface area (Å²) in [5.74, 6) is -1.24. The molecule has 0 aliphatic carbocycles. The molecule has 27 heavy (non-hydrogen) atoms. The average Bonchev–Trinajstić information content (AvgIpc) is 3.14. The van der Waals surface area contributed by atoms with Crippen molar-refractivity contribution in [3.05, 3.63) is 51.5 Å². The van der Waals surface area contributed by atoms with Crippen molar-refractivity contribution in [3.8, 4) is 11.5 Å². The van der Waals surface area contributed by atoms with Gasteiger partial charge in [0.05, 0.1) is 31.8 Å². The number of esters is 2. The summed E-state index contributed by atoms with van der Waals surface area (Å²) in [7, 11) is 2.53. The molecule has 2 rings (SSSR count). The van der Waals surface area contributed by atoms with Crippen molar-refractivity contribution in [2.75, 3.05) is 20.8 Å². The van der Waals surface area contributed by atoms with Gasteiger partial charge in [0, 0.05) is 6.07 Å². The Morgan fingerprint density at radius 1 is 1.15 bits per heavy atom. The van der Waals surface area contributed by atoms with E-state index in [0.717, 1.165) is 6.07 Å². The maximum absolute atomic E-state index is 12.3. The number of ether oxygens (including phenoxy) is 4. The summed E-state index contributed by atoms with van der Waals surface area (Å²) in [5, 5.41) is 11.3. The van der Waals surface area contributed by atoms with Crippen LogP contribution in [0.15, 0.2) is 28.7 Å². The molecule has 0 N–H and O–H groups in total. The van der Waals surface area contributed by atoms with Crippen LogP contribution in [0.5, 0.6) is 11.5 Å². The SMILES string of the molecule is CCOc1cc(C(=O)OCc2ccc(C(=O)OC)o2)c([N+](=O)[O-])cc1OC. The molecule has 0 saturated carbocycles. The third-order valence-electron chi connectivity index (χ3n) is 3.39. The molecule has 0 amide bonds. The predicted octanol–water partition coefficient (Wildman–Crippen LogP) is 2.74. The minimum Gasteiger partial charge on any atom is -0.493 e. The van der Waals surface area contributed by atoms with Crippen LogP contribution in [-0.4, -0.2) is 37.7 Å². The van der Waals surface area contributed by atoms with Crippen molar-refractivity contribution in [2.24, 2.45) is 0 Å². The molecule has 10 nitrogen and oxygen atoms in total. The Kier molecular flexibility index (Phi) is 6.36. The van der Waals surface area contributed by atoms with Gasteiger partial charge in [-0.3, -0.25) is 10.1 Å². The van der Waals surface area contributed by atoms with Crippen LogP contribution >= 0.6 is 0 Å². The van der Waals surface area contributed by atoms with Crippen LogP contribution in [0.25, 0.3) is 0 Å². The number of hydrogen-bond donors (Lipinski definition) is 0. The second-order valence-electron chi connectivity index (χ2n) is 5.04. The molecule has 0 atom stereocenters. The van der Waals surface area contributed by atoms with Crippen molar-refractivity contribution >= 4 is 17.6 Å². The summed E-state index contributed by atoms with van der Waals surface area (Å²) in [6.45, 7) is 1.66. The Morgan fingerprint density at radius 2 is 1.89 bits per heavy atom. The zero-order valence-corrected chi connectivity index (χ0v) is 14.8. The van der Waals surface area contributed by atoms with Crippen LogP contribution in [0.3, 0.4) is 0 Å². The summed E-state index contributed by atoms with van der Waals surface area (Å²) in [6, 6.07) is 5.06. The Balaban J connectivity index is 2.23. The molecule has 0 aliphatic heterocycles. The van der Waals surface area contributed by atoms with Gasteiger partial charge < -0.3 is 23.4 Å². The summed E-state index contributed by atoms with van der Waals surface area (Å²) in [4.78, 5) is 34.2. The summed E-state index contributed by atoms with van der Waals surface area (Å²) in [6.07, 6.45) is 0. The molecule has 0 spiro atoms. The Bertz CT molecular complexity index is 856. The zero-order valence-electron chi connectivity index (χ0n) is 14.8. The van der Waals surface area contributed by atoms with Gasteiger partial charge in [-0.25, -0.2) is 9.59 Å². The molecule has 2 aromatic rings. The molecule has 0 unspecified atom stereocenters. The van der Waals surface area contributed by atoms with Crippen molar-refractivity contribution in [1.29, 1.82) is 0 Å². The lowest BCUT2D eigenvalue weighted by Gasteiger charge is -2.11. The number of carbonyl (C=O) groups excluding carboxylic acids is 2. The van der Waals surface area contributed by atoms with Crippen LogP contribution in [-0.2, 0) is 16.1 Å². The Hall–Kier alpha value is -3.56. The normalized spacial score (nSPS) is 10.2. The van der Waals surface area contributed by atoms with E-state index in [-0.39, 0.29) is 41.8 Å². The number of benzene rings is 1. The van der Waals surface area contributed by atoms with Gasteiger partial charge in [0.1, 0.15) is 17.9 Å². The molecule has 0 aliphatic rings. The quantitative estimate of drug-likeness (QED) is 0.386. The fourth-order valence-electron chi connectivity index (χ4n) is 2.17. The summed E-state index contributed by atoms with van der Waals surface area (Å²) < 4.78 is 25.1. The molecule has 144 valence electrons. The molecule has 0 bridgehead atoms. The second kappa shape index (κ2) is 8.70. The van der Waals surface area contributed by atoms with Gasteiger partial charge in [-0.1, -0.05) is 0 Å². The van der Waals surface area contributed by atoms with Crippen molar-refractivity contribution < 1.29 is 37.9 Å². The largest absolute Gasteiger partial charge is 0.493 e. The third kappa shape index (κ3) is 4.54. The number of hydrogen-bond acceptors (Lipinski definition) is 9. The lowest BCUT2D eigenvalue weighted by Crippen LogP contribution is -2.09. The van der Waals surface area contributed by atoms with Gasteiger partial charge in [-0.15, -0.1) is 0 Å². The maximum atomic E-state index is 12.3. The second-order valence-corrected chi connectivity index (χ2v) is 5.04. The highest BCUT2D eigenvalue weighted by atomic mass is 16.6. The van der Waals surface area contributed by atoms with Crippen LogP contribution in [0, 0.1) is 10.1 Å². The fraction of sp³-hybridized carbons (Fsp3) is 0.294. The highest BCUT2D eigenvalue weighted by Gasteiger charge is 2.26. The van der Waals surface area contributed by atoms with Crippen molar-refractivity contribution in [3.63, 3.8) is 0 Å². The van der Waals surface area contributed by atoms with E-state index in [0.29, 0.717) is 0 Å². The Morgan fingerprint density at radius 3 is 2.48 bits per heavy atom. The highest BCUT2D eigenvalue weighted by Crippen LogP contribution is 2.35. The van der Waals surface area contributed by atoms with E-state index in [1.165, 1.54) is 32.4 Å². The molecule has 0 radical (unpaired) electrons. The lowest BCUT2D eigenvalue weighted by molar-refractivity contribution is -0.385. The molecule has 0 fully saturated rings. The van der Waals surface area contributed by atoms with E-state index in [4.69, 9.17) is 18.6 Å². The number of nitrogens with zero attached hydrogens (tertiary/aromatic N) is 1. The lowest BCUT2D eigenvalue weighted by atomic mass is 10.1. The number of carbonyl (C=O) groups is 2. The van der Waals surface area contributed by atoms with E-state index < -0.39 is 22.5 Å². The van der Waals surface area contributed by atoms with Crippen molar-refractivity contribution in [2.45, 2.75) is 13.5 Å². The first-order valence-electron chi connectivity index (χ1n) is 7.74. The van der Waals surface area contributed by atoms with Crippen LogP contribution in [0.2, 0.25) is 0 Å². The first kappa shape index (κ1) is 19.8. The fourth-order valence-corrected chi connectivity index (χ4v) is 2.17. The van der Waals surface area contributed by atoms with E-state index in [1.54, 1.807) is 6.92 Å². The minimum atomic E-state index is -0.957. The minimum absolute atomic E-state index is 0.0578. The molecule has 1 aromatic heterocycles. The predicted molar refractivity (Wildman–Crippen MR) is 90.0 cm³/mol. The number of furan rings is 1. The maximum Gasteiger partial charge on any atom is 0.373 e. The van der Waals surface area contributed by atoms with E-state index >= 15 is 0 Å². The molecule has 10 heteroatoms. The van der Waals surface area contributed by atoms with Gasteiger partial charge in [0.2, 0.25) is 5.76 Å². The molecular weight excluding hydrogens is 362 g/mol. The van der Waals surface area contributed by atoms with Crippen LogP contribution < -0.4 is 9.47 Å². The van der Waals surface area contributed by atoms with Gasteiger partial charge in [-0.05, 0) is 19.1 Å². The number of nitro groups is 1. The number of methoxy groups -OCH3 is 2. The topological polar surface area (TPSA) is 127 Å². The Labute approximate surface area is 153 Å². The monoisotopic (exact) mass is 379 g/mol. The first-order valence-corrected chi connectivity index (χ1v) is 7.74. The first-order chi connectivity index (χ1) is 12.9. The van der Waals surface area contributed by atoms with E-state index in [2.05, 4.69) is 4.74 Å². The van der Waals surface area contributed by atoms with Crippen molar-refractivity contribution in [1.82, 2.24) is 0 Å². The zero-order chi connectivity index (χ0) is 20.0. The van der Waals surface area contributed by atoms with Crippen LogP contribution in [0.1, 0.15) is 33.6 Å². The van der Waals surface area contributed by atoms with Gasteiger partial charge in [0.15, 0.2) is 11.5 Å². The highest BCUT2D eigenvalue weighted by molar-refractivity contribution is 5.95. The standard InChI is InChI=1S/C17H17NO9/c1-4-25-15-7-11(12(18(21)22)8-14(15)23-2)16(19)26-9-10-5-6-13(27-10)17(20)24-3/h5-8H,4,9H2,1-3H3. The van der Waals surface area contributed by atoms with Gasteiger partial charge >= 0.3 is 11.9 Å². The smallest absolute Gasteiger partial charge is 0.373 e. The molecule has 1 heterocycles. The van der Waals surface area contributed by atoms with Gasteiger partial charge in [-0.2, -0.15) is 0 Å². The van der Waals surface area contributed by atoms with Crippen LogP contribution in [0.4, 0.5) is 5.69 Å².